The molecule has 0 aromatic rings. The van der Waals surface area contributed by atoms with Gasteiger partial charge in [0.1, 0.15) is 6.10 Å². The van der Waals surface area contributed by atoms with Crippen LogP contribution < -0.4 is 0 Å². The molecule has 98 valence electrons. The summed E-state index contributed by atoms with van der Waals surface area (Å²) in [6.45, 7) is 1.95. The van der Waals surface area contributed by atoms with E-state index < -0.39 is 30.4 Å². The molecule has 0 fully saturated rings. The van der Waals surface area contributed by atoms with E-state index in [0.717, 1.165) is 6.42 Å². The zero-order chi connectivity index (χ0) is 12.8. The van der Waals surface area contributed by atoms with Gasteiger partial charge in [0.05, 0.1) is 24.7 Å². The molecule has 1 aliphatic rings. The Morgan fingerprint density at radius 1 is 1.35 bits per heavy atom. The van der Waals surface area contributed by atoms with Gasteiger partial charge in [0.2, 0.25) is 0 Å². The minimum absolute atomic E-state index is 0.125. The van der Waals surface area contributed by atoms with Gasteiger partial charge in [0.15, 0.2) is 0 Å². The molecular formula is C12H20O5. The minimum atomic E-state index is -1.04. The third-order valence-electron chi connectivity index (χ3n) is 2.71. The molecule has 0 aromatic carbocycles. The summed E-state index contributed by atoms with van der Waals surface area (Å²) in [4.78, 5) is 11.4. The Hall–Kier alpha value is -0.910. The van der Waals surface area contributed by atoms with Crippen molar-refractivity contribution in [3.63, 3.8) is 0 Å². The van der Waals surface area contributed by atoms with Crippen LogP contribution in [-0.2, 0) is 9.53 Å². The Morgan fingerprint density at radius 3 is 2.71 bits per heavy atom. The van der Waals surface area contributed by atoms with E-state index in [2.05, 4.69) is 0 Å². The molecule has 0 saturated heterocycles. The van der Waals surface area contributed by atoms with Crippen molar-refractivity contribution in [2.24, 2.45) is 0 Å². The maximum Gasteiger partial charge on any atom is 0.309 e. The second kappa shape index (κ2) is 6.74. The van der Waals surface area contributed by atoms with Gasteiger partial charge in [0, 0.05) is 6.42 Å². The Morgan fingerprint density at radius 2 is 2.06 bits per heavy atom. The zero-order valence-corrected chi connectivity index (χ0v) is 9.95. The first-order valence-electron chi connectivity index (χ1n) is 5.95. The fraction of sp³-hybridized carbons (Fsp3) is 0.750. The Labute approximate surface area is 101 Å². The summed E-state index contributed by atoms with van der Waals surface area (Å²) in [5, 5.41) is 28.7. The Kier molecular flexibility index (Phi) is 5.61. The molecular weight excluding hydrogens is 224 g/mol. The molecule has 0 bridgehead atoms. The molecule has 0 amide bonds. The van der Waals surface area contributed by atoms with Crippen LogP contribution in [0.5, 0.6) is 0 Å². The molecule has 5 nitrogen and oxygen atoms in total. The number of cyclic esters (lactones) is 1. The number of aliphatic hydroxyl groups is 3. The van der Waals surface area contributed by atoms with Crippen LogP contribution in [0.3, 0.4) is 0 Å². The fourth-order valence-electron chi connectivity index (χ4n) is 1.80. The van der Waals surface area contributed by atoms with Gasteiger partial charge in [-0.25, -0.2) is 0 Å². The van der Waals surface area contributed by atoms with Crippen molar-refractivity contribution < 1.29 is 24.9 Å². The Bertz CT molecular complexity index is 276. The molecule has 0 aliphatic carbocycles. The molecule has 0 saturated carbocycles. The van der Waals surface area contributed by atoms with Crippen molar-refractivity contribution in [3.05, 3.63) is 12.2 Å². The average molecular weight is 244 g/mol. The summed E-state index contributed by atoms with van der Waals surface area (Å²) in [5.74, 6) is -0.482. The van der Waals surface area contributed by atoms with E-state index in [0.29, 0.717) is 6.42 Å². The first-order chi connectivity index (χ1) is 8.02. The highest BCUT2D eigenvalue weighted by Crippen LogP contribution is 2.16. The van der Waals surface area contributed by atoms with Crippen molar-refractivity contribution in [1.29, 1.82) is 0 Å². The summed E-state index contributed by atoms with van der Waals surface area (Å²) in [7, 11) is 0. The van der Waals surface area contributed by atoms with Gasteiger partial charge in [-0.3, -0.25) is 4.79 Å². The van der Waals surface area contributed by atoms with Crippen molar-refractivity contribution in [2.75, 3.05) is 0 Å². The van der Waals surface area contributed by atoms with Gasteiger partial charge in [-0.05, 0) is 6.42 Å². The molecule has 0 radical (unpaired) electrons. The number of carbonyl (C=O) groups excluding carboxylic acids is 1. The van der Waals surface area contributed by atoms with Crippen molar-refractivity contribution in [1.82, 2.24) is 0 Å². The average Bonchev–Trinajstić information content (AvgIpc) is 2.24. The molecule has 1 aliphatic heterocycles. The number of aliphatic hydroxyl groups excluding tert-OH is 3. The number of esters is 1. The van der Waals surface area contributed by atoms with E-state index in [4.69, 9.17) is 4.74 Å². The molecule has 0 spiro atoms. The molecule has 3 N–H and O–H groups in total. The predicted molar refractivity (Wildman–Crippen MR) is 61.2 cm³/mol. The van der Waals surface area contributed by atoms with Crippen LogP contribution in [0.2, 0.25) is 0 Å². The number of hydrogen-bond donors (Lipinski definition) is 3. The summed E-state index contributed by atoms with van der Waals surface area (Å²) in [5.41, 5.74) is 0. The zero-order valence-electron chi connectivity index (χ0n) is 9.95. The van der Waals surface area contributed by atoms with Crippen LogP contribution >= 0.6 is 0 Å². The van der Waals surface area contributed by atoms with E-state index in [-0.39, 0.29) is 12.8 Å². The summed E-state index contributed by atoms with van der Waals surface area (Å²) in [6.07, 6.45) is 0.740. The first kappa shape index (κ1) is 14.2. The molecule has 5 heteroatoms. The normalized spacial score (nSPS) is 37.3. The van der Waals surface area contributed by atoms with E-state index in [1.165, 1.54) is 12.2 Å². The van der Waals surface area contributed by atoms with Crippen molar-refractivity contribution in [2.45, 2.75) is 57.0 Å². The van der Waals surface area contributed by atoms with Gasteiger partial charge in [-0.1, -0.05) is 25.5 Å². The lowest BCUT2D eigenvalue weighted by atomic mass is 10.0. The molecule has 4 atom stereocenters. The maximum absolute atomic E-state index is 11.4. The van der Waals surface area contributed by atoms with E-state index in [1.54, 1.807) is 0 Å². The van der Waals surface area contributed by atoms with Crippen LogP contribution in [0, 0.1) is 0 Å². The van der Waals surface area contributed by atoms with Gasteiger partial charge in [-0.2, -0.15) is 0 Å². The van der Waals surface area contributed by atoms with E-state index >= 15 is 0 Å². The SMILES string of the molecule is CCC[C@@H]1C[C@H](O)[C@@H](O)/C=C/[C@@H](O)CC(=O)O1. The summed E-state index contributed by atoms with van der Waals surface area (Å²) in [6, 6.07) is 0. The smallest absolute Gasteiger partial charge is 0.309 e. The number of rotatable bonds is 2. The van der Waals surface area contributed by atoms with Crippen molar-refractivity contribution in [3.8, 4) is 0 Å². The fourth-order valence-corrected chi connectivity index (χ4v) is 1.80. The predicted octanol–water partition coefficient (Wildman–Crippen LogP) is 0.131. The largest absolute Gasteiger partial charge is 0.462 e. The second-order valence-electron chi connectivity index (χ2n) is 4.35. The van der Waals surface area contributed by atoms with Crippen LogP contribution in [-0.4, -0.2) is 45.7 Å². The van der Waals surface area contributed by atoms with E-state index in [1.807, 2.05) is 6.92 Å². The highest BCUT2D eigenvalue weighted by Gasteiger charge is 2.24. The summed E-state index contributed by atoms with van der Waals surface area (Å²) >= 11 is 0. The first-order valence-corrected chi connectivity index (χ1v) is 5.95. The van der Waals surface area contributed by atoms with Crippen LogP contribution in [0.25, 0.3) is 0 Å². The highest BCUT2D eigenvalue weighted by atomic mass is 16.5. The summed E-state index contributed by atoms with van der Waals surface area (Å²) < 4.78 is 5.15. The lowest BCUT2D eigenvalue weighted by Crippen LogP contribution is -2.33. The highest BCUT2D eigenvalue weighted by molar-refractivity contribution is 5.70. The van der Waals surface area contributed by atoms with Gasteiger partial charge in [0.25, 0.3) is 0 Å². The van der Waals surface area contributed by atoms with Crippen molar-refractivity contribution >= 4 is 5.97 Å². The quantitative estimate of drug-likeness (QED) is 0.475. The van der Waals surface area contributed by atoms with Gasteiger partial charge >= 0.3 is 5.97 Å². The van der Waals surface area contributed by atoms with Gasteiger partial charge in [-0.15, -0.1) is 0 Å². The maximum atomic E-state index is 11.4. The lowest BCUT2D eigenvalue weighted by molar-refractivity contribution is -0.153. The number of hydrogen-bond acceptors (Lipinski definition) is 5. The lowest BCUT2D eigenvalue weighted by Gasteiger charge is -2.24. The van der Waals surface area contributed by atoms with Gasteiger partial charge < -0.3 is 20.1 Å². The monoisotopic (exact) mass is 244 g/mol. The second-order valence-corrected chi connectivity index (χ2v) is 4.35. The third-order valence-corrected chi connectivity index (χ3v) is 2.71. The number of ether oxygens (including phenoxy) is 1. The minimum Gasteiger partial charge on any atom is -0.462 e. The third kappa shape index (κ3) is 4.85. The Balaban J connectivity index is 2.74. The standard InChI is InChI=1S/C12H20O5/c1-2-3-9-7-11(15)10(14)5-4-8(13)6-12(16)17-9/h4-5,8-11,13-15H,2-3,6-7H2,1H3/b5-4+/t8-,9-,10+,11+/m1/s1. The van der Waals surface area contributed by atoms with Crippen LogP contribution in [0.1, 0.15) is 32.6 Å². The molecule has 0 unspecified atom stereocenters. The molecule has 1 heterocycles. The molecule has 17 heavy (non-hydrogen) atoms. The molecule has 0 aromatic heterocycles. The molecule has 1 rings (SSSR count). The van der Waals surface area contributed by atoms with E-state index in [9.17, 15) is 20.1 Å². The topological polar surface area (TPSA) is 87.0 Å². The van der Waals surface area contributed by atoms with Crippen LogP contribution in [0.4, 0.5) is 0 Å². The van der Waals surface area contributed by atoms with Crippen LogP contribution in [0.15, 0.2) is 12.2 Å². The number of carbonyl (C=O) groups is 1.